The van der Waals surface area contributed by atoms with Gasteiger partial charge in [0.05, 0.1) is 15.8 Å². The first-order chi connectivity index (χ1) is 8.08. The molecular formula is C13H18ClNOS. The summed E-state index contributed by atoms with van der Waals surface area (Å²) in [6.07, 6.45) is 3.67. The van der Waals surface area contributed by atoms with Crippen LogP contribution >= 0.6 is 22.9 Å². The van der Waals surface area contributed by atoms with E-state index < -0.39 is 0 Å². The smallest absolute Gasteiger partial charge is 0.186 e. The van der Waals surface area contributed by atoms with Crippen LogP contribution in [-0.2, 0) is 0 Å². The van der Waals surface area contributed by atoms with E-state index in [1.807, 2.05) is 6.07 Å². The molecule has 1 aliphatic rings. The summed E-state index contributed by atoms with van der Waals surface area (Å²) in [5.41, 5.74) is 0. The number of hydrogen-bond donors (Lipinski definition) is 0. The molecule has 0 spiro atoms. The summed E-state index contributed by atoms with van der Waals surface area (Å²) in [7, 11) is 0. The summed E-state index contributed by atoms with van der Waals surface area (Å²) in [6.45, 7) is 4.95. The molecule has 0 N–H and O–H groups in total. The van der Waals surface area contributed by atoms with Crippen LogP contribution in [0.5, 0.6) is 0 Å². The highest BCUT2D eigenvalue weighted by molar-refractivity contribution is 7.18. The highest BCUT2D eigenvalue weighted by Gasteiger charge is 2.26. The Morgan fingerprint density at radius 1 is 1.41 bits per heavy atom. The van der Waals surface area contributed by atoms with Crippen molar-refractivity contribution in [2.75, 3.05) is 6.54 Å². The lowest BCUT2D eigenvalue weighted by Gasteiger charge is -2.38. The van der Waals surface area contributed by atoms with Crippen LogP contribution in [0.1, 0.15) is 42.8 Å². The summed E-state index contributed by atoms with van der Waals surface area (Å²) < 4.78 is 0.688. The molecule has 94 valence electrons. The van der Waals surface area contributed by atoms with Gasteiger partial charge in [-0.3, -0.25) is 9.69 Å². The SMILES string of the molecule is C[C@@H]1CCC[C@H](C)N1CC(=O)c1ccc(Cl)s1. The third-order valence-electron chi connectivity index (χ3n) is 3.55. The molecule has 0 saturated carbocycles. The van der Waals surface area contributed by atoms with Crippen LogP contribution in [0.4, 0.5) is 0 Å². The van der Waals surface area contributed by atoms with Crippen LogP contribution in [0.15, 0.2) is 12.1 Å². The molecule has 0 aliphatic carbocycles. The maximum atomic E-state index is 12.1. The van der Waals surface area contributed by atoms with Gasteiger partial charge in [-0.05, 0) is 38.8 Å². The molecule has 2 heterocycles. The molecule has 0 bridgehead atoms. The van der Waals surface area contributed by atoms with E-state index in [9.17, 15) is 4.79 Å². The van der Waals surface area contributed by atoms with Crippen LogP contribution in [0.3, 0.4) is 0 Å². The lowest BCUT2D eigenvalue weighted by Crippen LogP contribution is -2.46. The number of hydrogen-bond acceptors (Lipinski definition) is 3. The molecule has 1 aromatic rings. The number of rotatable bonds is 3. The highest BCUT2D eigenvalue weighted by Crippen LogP contribution is 2.25. The molecule has 1 fully saturated rings. The molecule has 1 saturated heterocycles. The number of piperidine rings is 1. The van der Waals surface area contributed by atoms with E-state index in [-0.39, 0.29) is 5.78 Å². The predicted molar refractivity (Wildman–Crippen MR) is 73.1 cm³/mol. The second-order valence-electron chi connectivity index (χ2n) is 4.83. The van der Waals surface area contributed by atoms with Gasteiger partial charge in [0.2, 0.25) is 0 Å². The minimum absolute atomic E-state index is 0.197. The van der Waals surface area contributed by atoms with E-state index in [4.69, 9.17) is 11.6 Å². The Hall–Kier alpha value is -0.380. The number of likely N-dealkylation sites (tertiary alicyclic amines) is 1. The summed E-state index contributed by atoms with van der Waals surface area (Å²) >= 11 is 7.23. The summed E-state index contributed by atoms with van der Waals surface area (Å²) in [5, 5.41) is 0. The average Bonchev–Trinajstić information content (AvgIpc) is 2.70. The zero-order valence-electron chi connectivity index (χ0n) is 10.3. The van der Waals surface area contributed by atoms with Crippen LogP contribution in [-0.4, -0.2) is 29.3 Å². The van der Waals surface area contributed by atoms with Crippen molar-refractivity contribution in [3.63, 3.8) is 0 Å². The molecule has 17 heavy (non-hydrogen) atoms. The Labute approximate surface area is 112 Å². The van der Waals surface area contributed by atoms with Crippen molar-refractivity contribution in [2.45, 2.75) is 45.2 Å². The lowest BCUT2D eigenvalue weighted by atomic mass is 9.97. The Morgan fingerprint density at radius 2 is 2.06 bits per heavy atom. The predicted octanol–water partition coefficient (Wildman–Crippen LogP) is 3.85. The van der Waals surface area contributed by atoms with Gasteiger partial charge in [0.15, 0.2) is 5.78 Å². The Balaban J connectivity index is 2.02. The maximum Gasteiger partial charge on any atom is 0.186 e. The third kappa shape index (κ3) is 3.09. The first-order valence-corrected chi connectivity index (χ1v) is 7.31. The van der Waals surface area contributed by atoms with Crippen molar-refractivity contribution in [1.29, 1.82) is 0 Å². The standard InChI is InChI=1S/C13H18ClNOS/c1-9-4-3-5-10(2)15(9)8-11(16)12-6-7-13(14)17-12/h6-7,9-10H,3-5,8H2,1-2H3/t9-,10+. The second-order valence-corrected chi connectivity index (χ2v) is 6.54. The molecule has 1 aliphatic heterocycles. The van der Waals surface area contributed by atoms with E-state index in [1.165, 1.54) is 30.6 Å². The monoisotopic (exact) mass is 271 g/mol. The molecule has 0 aromatic carbocycles. The zero-order chi connectivity index (χ0) is 12.4. The van der Waals surface area contributed by atoms with Gasteiger partial charge in [-0.25, -0.2) is 0 Å². The minimum Gasteiger partial charge on any atom is -0.292 e. The van der Waals surface area contributed by atoms with E-state index >= 15 is 0 Å². The van der Waals surface area contributed by atoms with Crippen LogP contribution in [0.2, 0.25) is 4.34 Å². The Bertz CT molecular complexity index is 394. The largest absolute Gasteiger partial charge is 0.292 e. The Kier molecular flexibility index (Phi) is 4.23. The van der Waals surface area contributed by atoms with Gasteiger partial charge in [0.1, 0.15) is 0 Å². The summed E-state index contributed by atoms with van der Waals surface area (Å²) in [4.78, 5) is 15.2. The number of ketones is 1. The molecule has 4 heteroatoms. The average molecular weight is 272 g/mol. The fraction of sp³-hybridized carbons (Fsp3) is 0.615. The quantitative estimate of drug-likeness (QED) is 0.779. The number of nitrogens with zero attached hydrogens (tertiary/aromatic N) is 1. The maximum absolute atomic E-state index is 12.1. The van der Waals surface area contributed by atoms with Crippen molar-refractivity contribution < 1.29 is 4.79 Å². The van der Waals surface area contributed by atoms with Crippen molar-refractivity contribution in [3.8, 4) is 0 Å². The van der Waals surface area contributed by atoms with Gasteiger partial charge in [0, 0.05) is 12.1 Å². The molecule has 2 nitrogen and oxygen atoms in total. The lowest BCUT2D eigenvalue weighted by molar-refractivity contribution is 0.0738. The topological polar surface area (TPSA) is 20.3 Å². The summed E-state index contributed by atoms with van der Waals surface area (Å²) in [6, 6.07) is 4.65. The van der Waals surface area contributed by atoms with Crippen LogP contribution in [0.25, 0.3) is 0 Å². The van der Waals surface area contributed by atoms with Crippen molar-refractivity contribution in [2.24, 2.45) is 0 Å². The number of thiophene rings is 1. The van der Waals surface area contributed by atoms with Gasteiger partial charge < -0.3 is 0 Å². The van der Waals surface area contributed by atoms with E-state index in [0.717, 1.165) is 4.88 Å². The fourth-order valence-electron chi connectivity index (χ4n) is 2.49. The highest BCUT2D eigenvalue weighted by atomic mass is 35.5. The number of Topliss-reactive ketones (excluding diaryl/α,β-unsaturated/α-hetero) is 1. The first kappa shape index (κ1) is 13.1. The van der Waals surface area contributed by atoms with Gasteiger partial charge >= 0.3 is 0 Å². The molecule has 1 aromatic heterocycles. The third-order valence-corrected chi connectivity index (χ3v) is 4.82. The van der Waals surface area contributed by atoms with Gasteiger partial charge in [-0.15, -0.1) is 11.3 Å². The van der Waals surface area contributed by atoms with Crippen molar-refractivity contribution in [1.82, 2.24) is 4.90 Å². The Morgan fingerprint density at radius 3 is 2.59 bits per heavy atom. The van der Waals surface area contributed by atoms with Crippen LogP contribution in [0, 0.1) is 0 Å². The first-order valence-electron chi connectivity index (χ1n) is 6.12. The van der Waals surface area contributed by atoms with Gasteiger partial charge in [0.25, 0.3) is 0 Å². The molecule has 2 rings (SSSR count). The van der Waals surface area contributed by atoms with Crippen molar-refractivity contribution in [3.05, 3.63) is 21.3 Å². The second kappa shape index (κ2) is 5.51. The van der Waals surface area contributed by atoms with Crippen LogP contribution < -0.4 is 0 Å². The number of carbonyl (C=O) groups is 1. The minimum atomic E-state index is 0.197. The molecule has 0 radical (unpaired) electrons. The number of carbonyl (C=O) groups excluding carboxylic acids is 1. The van der Waals surface area contributed by atoms with Crippen molar-refractivity contribution >= 4 is 28.7 Å². The summed E-state index contributed by atoms with van der Waals surface area (Å²) in [5.74, 6) is 0.197. The fourth-order valence-corrected chi connectivity index (χ4v) is 3.47. The van der Waals surface area contributed by atoms with E-state index in [2.05, 4.69) is 18.7 Å². The molecular weight excluding hydrogens is 254 g/mol. The normalized spacial score (nSPS) is 26.1. The van der Waals surface area contributed by atoms with Gasteiger partial charge in [-0.1, -0.05) is 18.0 Å². The van der Waals surface area contributed by atoms with E-state index in [0.29, 0.717) is 23.0 Å². The van der Waals surface area contributed by atoms with E-state index in [1.54, 1.807) is 6.07 Å². The molecule has 2 atom stereocenters. The zero-order valence-corrected chi connectivity index (χ0v) is 11.9. The number of halogens is 1. The molecule has 0 amide bonds. The van der Waals surface area contributed by atoms with Gasteiger partial charge in [-0.2, -0.15) is 0 Å². The molecule has 0 unspecified atom stereocenters.